The lowest BCUT2D eigenvalue weighted by molar-refractivity contribution is -0.149. The summed E-state index contributed by atoms with van der Waals surface area (Å²) in [7, 11) is 0. The van der Waals surface area contributed by atoms with E-state index in [1.54, 1.807) is 6.92 Å². The van der Waals surface area contributed by atoms with Crippen molar-refractivity contribution >= 4 is 17.8 Å². The quantitative estimate of drug-likeness (QED) is 0.771. The molecule has 1 saturated heterocycles. The van der Waals surface area contributed by atoms with Crippen LogP contribution in [0.2, 0.25) is 0 Å². The van der Waals surface area contributed by atoms with E-state index in [9.17, 15) is 19.5 Å². The number of carbonyl (C=O) groups excluding carboxylic acids is 2. The Morgan fingerprint density at radius 1 is 1.47 bits per heavy atom. The van der Waals surface area contributed by atoms with Gasteiger partial charge in [-0.25, -0.2) is 0 Å². The second kappa shape index (κ2) is 5.19. The van der Waals surface area contributed by atoms with Gasteiger partial charge in [0, 0.05) is 19.0 Å². The van der Waals surface area contributed by atoms with Gasteiger partial charge < -0.3 is 15.3 Å². The molecule has 1 saturated carbocycles. The van der Waals surface area contributed by atoms with Gasteiger partial charge in [0.2, 0.25) is 11.8 Å². The van der Waals surface area contributed by atoms with E-state index in [1.807, 2.05) is 0 Å². The molecule has 2 aliphatic rings. The second-order valence-electron chi connectivity index (χ2n) is 5.65. The van der Waals surface area contributed by atoms with Gasteiger partial charge >= 0.3 is 5.97 Å². The molecule has 2 unspecified atom stereocenters. The summed E-state index contributed by atoms with van der Waals surface area (Å²) >= 11 is 0. The van der Waals surface area contributed by atoms with Gasteiger partial charge in [-0.1, -0.05) is 6.42 Å². The number of carboxylic acids is 1. The highest BCUT2D eigenvalue weighted by Crippen LogP contribution is 2.38. The molecule has 2 N–H and O–H groups in total. The van der Waals surface area contributed by atoms with Crippen molar-refractivity contribution < 1.29 is 19.5 Å². The van der Waals surface area contributed by atoms with Gasteiger partial charge in [0.15, 0.2) is 0 Å². The monoisotopic (exact) mass is 268 g/mol. The minimum absolute atomic E-state index is 0.00238. The van der Waals surface area contributed by atoms with E-state index in [4.69, 9.17) is 0 Å². The fourth-order valence-electron chi connectivity index (χ4n) is 2.94. The first-order valence-corrected chi connectivity index (χ1v) is 6.74. The van der Waals surface area contributed by atoms with Crippen molar-refractivity contribution in [3.8, 4) is 0 Å². The topological polar surface area (TPSA) is 86.7 Å². The van der Waals surface area contributed by atoms with Gasteiger partial charge in [0.05, 0.1) is 12.0 Å². The number of carboxylic acid groups (broad SMARTS) is 1. The number of likely N-dealkylation sites (tertiary alicyclic amines) is 1. The lowest BCUT2D eigenvalue weighted by atomic mass is 9.85. The fraction of sp³-hybridized carbons (Fsp3) is 0.769. The van der Waals surface area contributed by atoms with Crippen LogP contribution in [0.25, 0.3) is 0 Å². The molecular formula is C13H20N2O4. The summed E-state index contributed by atoms with van der Waals surface area (Å²) in [6, 6.07) is -0.338. The minimum Gasteiger partial charge on any atom is -0.481 e. The number of nitrogens with one attached hydrogen (secondary N) is 1. The maximum absolute atomic E-state index is 11.9. The zero-order chi connectivity index (χ0) is 14.0. The third-order valence-corrected chi connectivity index (χ3v) is 4.29. The molecule has 2 rings (SSSR count). The Morgan fingerprint density at radius 3 is 2.79 bits per heavy atom. The Bertz CT molecular complexity index is 409. The Labute approximate surface area is 112 Å². The molecule has 0 aromatic rings. The third-order valence-electron chi connectivity index (χ3n) is 4.29. The van der Waals surface area contributed by atoms with Crippen LogP contribution < -0.4 is 5.32 Å². The highest BCUT2D eigenvalue weighted by Gasteiger charge is 2.46. The van der Waals surface area contributed by atoms with Crippen molar-refractivity contribution in [2.45, 2.75) is 45.1 Å². The predicted octanol–water partition coefficient (Wildman–Crippen LogP) is 0.368. The molecule has 0 spiro atoms. The summed E-state index contributed by atoms with van der Waals surface area (Å²) in [6.07, 6.45) is 3.36. The second-order valence-corrected chi connectivity index (χ2v) is 5.65. The van der Waals surface area contributed by atoms with Crippen LogP contribution in [0, 0.1) is 5.41 Å². The molecule has 1 heterocycles. The first-order chi connectivity index (χ1) is 8.93. The van der Waals surface area contributed by atoms with Gasteiger partial charge in [-0.3, -0.25) is 14.4 Å². The van der Waals surface area contributed by atoms with Crippen molar-refractivity contribution in [1.82, 2.24) is 10.2 Å². The summed E-state index contributed by atoms with van der Waals surface area (Å²) in [6.45, 7) is 2.34. The van der Waals surface area contributed by atoms with Gasteiger partial charge in [0.25, 0.3) is 0 Å². The maximum Gasteiger partial charge on any atom is 0.311 e. The first kappa shape index (κ1) is 13.8. The van der Waals surface area contributed by atoms with E-state index in [0.717, 1.165) is 12.8 Å². The predicted molar refractivity (Wildman–Crippen MR) is 67.3 cm³/mol. The fourth-order valence-corrected chi connectivity index (χ4v) is 2.94. The van der Waals surface area contributed by atoms with Crippen molar-refractivity contribution in [3.63, 3.8) is 0 Å². The van der Waals surface area contributed by atoms with E-state index >= 15 is 0 Å². The first-order valence-electron chi connectivity index (χ1n) is 6.74. The molecule has 106 valence electrons. The standard InChI is InChI=1S/C13H20N2O4/c1-13(12(18)19)6-2-4-9(13)14-10(16)8-15-7-3-5-11(15)17/h9H,2-8H2,1H3,(H,14,16)(H,18,19). The van der Waals surface area contributed by atoms with Crippen LogP contribution in [0.3, 0.4) is 0 Å². The van der Waals surface area contributed by atoms with Crippen LogP contribution in [0.4, 0.5) is 0 Å². The number of nitrogens with zero attached hydrogens (tertiary/aromatic N) is 1. The molecule has 2 atom stereocenters. The van der Waals surface area contributed by atoms with Crippen LogP contribution in [0.1, 0.15) is 39.0 Å². The van der Waals surface area contributed by atoms with Crippen LogP contribution in [-0.2, 0) is 14.4 Å². The smallest absolute Gasteiger partial charge is 0.311 e. The summed E-state index contributed by atoms with van der Waals surface area (Å²) in [5, 5.41) is 12.1. The molecule has 0 bridgehead atoms. The summed E-state index contributed by atoms with van der Waals surface area (Å²) in [4.78, 5) is 36.2. The van der Waals surface area contributed by atoms with E-state index in [2.05, 4.69) is 5.32 Å². The normalized spacial score (nSPS) is 30.7. The van der Waals surface area contributed by atoms with Gasteiger partial charge in [-0.05, 0) is 26.2 Å². The van der Waals surface area contributed by atoms with Crippen molar-refractivity contribution in [2.24, 2.45) is 5.41 Å². The van der Waals surface area contributed by atoms with Gasteiger partial charge in [0.1, 0.15) is 0 Å². The number of carbonyl (C=O) groups is 3. The summed E-state index contributed by atoms with van der Waals surface area (Å²) in [5.74, 6) is -1.12. The Hall–Kier alpha value is -1.59. The number of aliphatic carboxylic acids is 1. The molecule has 2 amide bonds. The van der Waals surface area contributed by atoms with E-state index < -0.39 is 11.4 Å². The van der Waals surface area contributed by atoms with Crippen LogP contribution >= 0.6 is 0 Å². The zero-order valence-electron chi connectivity index (χ0n) is 11.1. The average molecular weight is 268 g/mol. The molecule has 6 nitrogen and oxygen atoms in total. The van der Waals surface area contributed by atoms with Crippen LogP contribution in [0.15, 0.2) is 0 Å². The van der Waals surface area contributed by atoms with E-state index in [-0.39, 0.29) is 24.4 Å². The highest BCUT2D eigenvalue weighted by molar-refractivity contribution is 5.86. The van der Waals surface area contributed by atoms with Crippen LogP contribution in [0.5, 0.6) is 0 Å². The SMILES string of the molecule is CC1(C(=O)O)CCCC1NC(=O)CN1CCCC1=O. The van der Waals surface area contributed by atoms with Crippen molar-refractivity contribution in [1.29, 1.82) is 0 Å². The zero-order valence-corrected chi connectivity index (χ0v) is 11.1. The molecule has 2 fully saturated rings. The molecule has 0 aromatic heterocycles. The molecule has 1 aliphatic carbocycles. The molecule has 0 aromatic carbocycles. The highest BCUT2D eigenvalue weighted by atomic mass is 16.4. The van der Waals surface area contributed by atoms with Crippen LogP contribution in [-0.4, -0.2) is 46.9 Å². The molecule has 19 heavy (non-hydrogen) atoms. The largest absolute Gasteiger partial charge is 0.481 e. The van der Waals surface area contributed by atoms with Crippen molar-refractivity contribution in [2.75, 3.05) is 13.1 Å². The summed E-state index contributed by atoms with van der Waals surface area (Å²) < 4.78 is 0. The maximum atomic E-state index is 11.9. The van der Waals surface area contributed by atoms with E-state index in [0.29, 0.717) is 25.8 Å². The number of hydrogen-bond donors (Lipinski definition) is 2. The van der Waals surface area contributed by atoms with Crippen molar-refractivity contribution in [3.05, 3.63) is 0 Å². The van der Waals surface area contributed by atoms with Gasteiger partial charge in [-0.2, -0.15) is 0 Å². The Kier molecular flexibility index (Phi) is 3.78. The lowest BCUT2D eigenvalue weighted by Gasteiger charge is -2.28. The number of rotatable bonds is 4. The number of hydrogen-bond acceptors (Lipinski definition) is 3. The molecule has 6 heteroatoms. The van der Waals surface area contributed by atoms with Gasteiger partial charge in [-0.15, -0.1) is 0 Å². The Balaban J connectivity index is 1.91. The molecule has 0 radical (unpaired) electrons. The minimum atomic E-state index is -0.884. The number of amides is 2. The molecular weight excluding hydrogens is 248 g/mol. The average Bonchev–Trinajstić information content (AvgIpc) is 2.88. The Morgan fingerprint density at radius 2 is 2.21 bits per heavy atom. The molecule has 1 aliphatic heterocycles. The summed E-state index contributed by atoms with van der Waals surface area (Å²) in [5.41, 5.74) is -0.884. The lowest BCUT2D eigenvalue weighted by Crippen LogP contribution is -2.49. The third kappa shape index (κ3) is 2.72. The van der Waals surface area contributed by atoms with E-state index in [1.165, 1.54) is 4.90 Å².